The number of nitrogens with one attached hydrogen (secondary N) is 2. The molecule has 0 radical (unpaired) electrons. The van der Waals surface area contributed by atoms with Crippen molar-refractivity contribution in [3.05, 3.63) is 0 Å². The summed E-state index contributed by atoms with van der Waals surface area (Å²) in [5.74, 6) is 5.24. The van der Waals surface area contributed by atoms with Crippen molar-refractivity contribution >= 4 is 10.2 Å². The SMILES string of the molecule is NNC1CCN(NS(N)(=O)=O)CC1. The van der Waals surface area contributed by atoms with Crippen molar-refractivity contribution < 1.29 is 8.42 Å². The smallest absolute Gasteiger partial charge is 0.271 e. The Bertz CT molecular complexity index is 246. The van der Waals surface area contributed by atoms with E-state index in [-0.39, 0.29) is 6.04 Å². The lowest BCUT2D eigenvalue weighted by Crippen LogP contribution is -2.52. The van der Waals surface area contributed by atoms with E-state index in [1.54, 1.807) is 5.01 Å². The molecule has 0 amide bonds. The summed E-state index contributed by atoms with van der Waals surface area (Å²) in [7, 11) is -3.62. The van der Waals surface area contributed by atoms with Crippen LogP contribution < -0.4 is 21.2 Å². The number of hydrogen-bond acceptors (Lipinski definition) is 5. The minimum absolute atomic E-state index is 0.263. The van der Waals surface area contributed by atoms with Crippen molar-refractivity contribution in [3.63, 3.8) is 0 Å². The average molecular weight is 209 g/mol. The number of nitrogens with two attached hydrogens (primary N) is 2. The van der Waals surface area contributed by atoms with Crippen LogP contribution in [0.3, 0.4) is 0 Å². The van der Waals surface area contributed by atoms with E-state index in [2.05, 4.69) is 10.3 Å². The minimum atomic E-state index is -3.62. The van der Waals surface area contributed by atoms with Gasteiger partial charge in [0.1, 0.15) is 0 Å². The van der Waals surface area contributed by atoms with Crippen LogP contribution in [-0.2, 0) is 10.2 Å². The van der Waals surface area contributed by atoms with Gasteiger partial charge in [-0.3, -0.25) is 11.3 Å². The molecule has 8 heteroatoms. The minimum Gasteiger partial charge on any atom is -0.271 e. The molecule has 6 N–H and O–H groups in total. The number of piperidine rings is 1. The highest BCUT2D eigenvalue weighted by molar-refractivity contribution is 7.87. The molecule has 0 atom stereocenters. The van der Waals surface area contributed by atoms with Gasteiger partial charge in [-0.15, -0.1) is 4.83 Å². The maximum atomic E-state index is 10.6. The predicted molar refractivity (Wildman–Crippen MR) is 48.2 cm³/mol. The molecule has 0 aromatic carbocycles. The Hall–Kier alpha value is -0.250. The van der Waals surface area contributed by atoms with E-state index >= 15 is 0 Å². The van der Waals surface area contributed by atoms with Crippen LogP contribution in [0.4, 0.5) is 0 Å². The molecule has 0 aliphatic carbocycles. The Labute approximate surface area is 77.6 Å². The fraction of sp³-hybridized carbons (Fsp3) is 1.00. The fourth-order valence-corrected chi connectivity index (χ4v) is 1.86. The Morgan fingerprint density at radius 2 is 1.85 bits per heavy atom. The van der Waals surface area contributed by atoms with Crippen molar-refractivity contribution in [3.8, 4) is 0 Å². The Kier molecular flexibility index (Phi) is 3.59. The standard InChI is InChI=1S/C5H15N5O2S/c6-8-5-1-3-10(4-2-5)9-13(7,11)12/h5,8-9H,1-4,6H2,(H2,7,11,12). The second-order valence-corrected chi connectivity index (χ2v) is 4.34. The van der Waals surface area contributed by atoms with Gasteiger partial charge in [0, 0.05) is 19.1 Å². The molecule has 0 unspecified atom stereocenters. The first kappa shape index (κ1) is 10.8. The fourth-order valence-electron chi connectivity index (χ4n) is 1.32. The summed E-state index contributed by atoms with van der Waals surface area (Å²) in [6.07, 6.45) is 1.61. The number of rotatable bonds is 3. The van der Waals surface area contributed by atoms with Crippen molar-refractivity contribution in [1.82, 2.24) is 15.3 Å². The third-order valence-electron chi connectivity index (χ3n) is 1.99. The Balaban J connectivity index is 2.33. The lowest BCUT2D eigenvalue weighted by Gasteiger charge is -2.30. The van der Waals surface area contributed by atoms with E-state index in [9.17, 15) is 8.42 Å². The van der Waals surface area contributed by atoms with Crippen molar-refractivity contribution in [2.45, 2.75) is 18.9 Å². The van der Waals surface area contributed by atoms with Crippen LogP contribution in [0.2, 0.25) is 0 Å². The lowest BCUT2D eigenvalue weighted by molar-refractivity contribution is 0.174. The van der Waals surface area contributed by atoms with Crippen LogP contribution in [0, 0.1) is 0 Å². The number of hydrogen-bond donors (Lipinski definition) is 4. The summed E-state index contributed by atoms with van der Waals surface area (Å²) in [5, 5.41) is 6.39. The Morgan fingerprint density at radius 3 is 2.23 bits per heavy atom. The molecule has 13 heavy (non-hydrogen) atoms. The molecular weight excluding hydrogens is 194 g/mol. The first-order valence-electron chi connectivity index (χ1n) is 4.02. The van der Waals surface area contributed by atoms with Gasteiger partial charge >= 0.3 is 0 Å². The van der Waals surface area contributed by atoms with Gasteiger partial charge in [-0.2, -0.15) is 8.42 Å². The molecule has 1 saturated heterocycles. The van der Waals surface area contributed by atoms with E-state index in [1.807, 2.05) is 0 Å². The molecule has 1 fully saturated rings. The average Bonchev–Trinajstić information content (AvgIpc) is 2.03. The topological polar surface area (TPSA) is 113 Å². The molecule has 0 spiro atoms. The largest absolute Gasteiger partial charge is 0.287 e. The van der Waals surface area contributed by atoms with Crippen LogP contribution >= 0.6 is 0 Å². The molecular formula is C5H15N5O2S. The maximum Gasteiger partial charge on any atom is 0.287 e. The van der Waals surface area contributed by atoms with Gasteiger partial charge in [-0.25, -0.2) is 10.1 Å². The van der Waals surface area contributed by atoms with E-state index in [0.717, 1.165) is 12.8 Å². The molecule has 1 heterocycles. The van der Waals surface area contributed by atoms with Crippen molar-refractivity contribution in [2.24, 2.45) is 11.0 Å². The van der Waals surface area contributed by atoms with E-state index < -0.39 is 10.2 Å². The quantitative estimate of drug-likeness (QED) is 0.306. The van der Waals surface area contributed by atoms with Crippen LogP contribution in [0.1, 0.15) is 12.8 Å². The number of nitrogens with zero attached hydrogens (tertiary/aromatic N) is 1. The van der Waals surface area contributed by atoms with Gasteiger partial charge in [-0.05, 0) is 12.8 Å². The summed E-state index contributed by atoms with van der Waals surface area (Å²) in [5.41, 5.74) is 2.65. The van der Waals surface area contributed by atoms with Crippen LogP contribution in [0.15, 0.2) is 0 Å². The molecule has 0 aromatic heterocycles. The molecule has 0 saturated carbocycles. The summed E-state index contributed by atoms with van der Waals surface area (Å²) >= 11 is 0. The van der Waals surface area contributed by atoms with Crippen LogP contribution in [0.25, 0.3) is 0 Å². The molecule has 1 aliphatic heterocycles. The second-order valence-electron chi connectivity index (χ2n) is 3.06. The molecule has 78 valence electrons. The first-order valence-corrected chi connectivity index (χ1v) is 5.57. The third-order valence-corrected chi connectivity index (χ3v) is 2.50. The van der Waals surface area contributed by atoms with Gasteiger partial charge in [-0.1, -0.05) is 0 Å². The molecule has 0 bridgehead atoms. The van der Waals surface area contributed by atoms with E-state index in [4.69, 9.17) is 11.0 Å². The van der Waals surface area contributed by atoms with Gasteiger partial charge in [0.15, 0.2) is 0 Å². The normalized spacial score (nSPS) is 22.0. The van der Waals surface area contributed by atoms with Crippen molar-refractivity contribution in [1.29, 1.82) is 0 Å². The van der Waals surface area contributed by atoms with Crippen LogP contribution in [-0.4, -0.2) is 32.6 Å². The van der Waals surface area contributed by atoms with Gasteiger partial charge in [0.2, 0.25) is 0 Å². The highest BCUT2D eigenvalue weighted by Crippen LogP contribution is 2.06. The molecule has 1 rings (SSSR count). The first-order chi connectivity index (χ1) is 6.01. The highest BCUT2D eigenvalue weighted by atomic mass is 32.2. The second kappa shape index (κ2) is 4.31. The summed E-state index contributed by atoms with van der Waals surface area (Å²) in [4.78, 5) is 2.22. The third kappa shape index (κ3) is 3.98. The monoisotopic (exact) mass is 209 g/mol. The predicted octanol–water partition coefficient (Wildman–Crippen LogP) is -2.38. The van der Waals surface area contributed by atoms with Gasteiger partial charge < -0.3 is 0 Å². The van der Waals surface area contributed by atoms with Crippen molar-refractivity contribution in [2.75, 3.05) is 13.1 Å². The van der Waals surface area contributed by atoms with Crippen LogP contribution in [0.5, 0.6) is 0 Å². The zero-order chi connectivity index (χ0) is 9.90. The van der Waals surface area contributed by atoms with E-state index in [1.165, 1.54) is 0 Å². The molecule has 1 aliphatic rings. The molecule has 0 aromatic rings. The van der Waals surface area contributed by atoms with Gasteiger partial charge in [0.05, 0.1) is 0 Å². The number of hydrazine groups is 2. The maximum absolute atomic E-state index is 10.6. The van der Waals surface area contributed by atoms with Gasteiger partial charge in [0.25, 0.3) is 10.2 Å². The summed E-state index contributed by atoms with van der Waals surface area (Å²) < 4.78 is 21.3. The summed E-state index contributed by atoms with van der Waals surface area (Å²) in [6, 6.07) is 0.263. The van der Waals surface area contributed by atoms with E-state index in [0.29, 0.717) is 13.1 Å². The zero-order valence-corrected chi connectivity index (χ0v) is 8.05. The Morgan fingerprint density at radius 1 is 1.31 bits per heavy atom. The molecule has 7 nitrogen and oxygen atoms in total. The summed E-state index contributed by atoms with van der Waals surface area (Å²) in [6.45, 7) is 1.23. The lowest BCUT2D eigenvalue weighted by atomic mass is 10.1. The zero-order valence-electron chi connectivity index (χ0n) is 7.23. The highest BCUT2D eigenvalue weighted by Gasteiger charge is 2.19.